The summed E-state index contributed by atoms with van der Waals surface area (Å²) in [5, 5.41) is 9.42. The number of carboxylic acid groups (broad SMARTS) is 1. The van der Waals surface area contributed by atoms with Gasteiger partial charge in [-0.1, -0.05) is 11.6 Å². The van der Waals surface area contributed by atoms with Crippen LogP contribution in [-0.2, 0) is 0 Å². The van der Waals surface area contributed by atoms with E-state index < -0.39 is 11.8 Å². The first-order chi connectivity index (χ1) is 8.41. The topological polar surface area (TPSA) is 42.2 Å². The molecule has 0 spiro atoms. The molecular formula is C13H11ClFNO2. The molecule has 0 aliphatic rings. The van der Waals surface area contributed by atoms with Crippen molar-refractivity contribution >= 4 is 17.6 Å². The van der Waals surface area contributed by atoms with Gasteiger partial charge in [0, 0.05) is 11.4 Å². The Morgan fingerprint density at radius 1 is 1.33 bits per heavy atom. The first-order valence-electron chi connectivity index (χ1n) is 5.29. The minimum absolute atomic E-state index is 0.188. The van der Waals surface area contributed by atoms with E-state index >= 15 is 0 Å². The van der Waals surface area contributed by atoms with E-state index in [0.717, 1.165) is 0 Å². The Labute approximate surface area is 108 Å². The van der Waals surface area contributed by atoms with E-state index in [4.69, 9.17) is 16.7 Å². The minimum Gasteiger partial charge on any atom is -0.478 e. The molecule has 1 aromatic heterocycles. The van der Waals surface area contributed by atoms with Crippen molar-refractivity contribution in [3.63, 3.8) is 0 Å². The Morgan fingerprint density at radius 2 is 2.00 bits per heavy atom. The number of hydrogen-bond donors (Lipinski definition) is 1. The predicted molar refractivity (Wildman–Crippen MR) is 67.2 cm³/mol. The number of aryl methyl sites for hydroxylation is 1. The highest BCUT2D eigenvalue weighted by Gasteiger charge is 2.17. The number of halogens is 2. The largest absolute Gasteiger partial charge is 0.478 e. The molecule has 0 amide bonds. The van der Waals surface area contributed by atoms with Crippen LogP contribution in [0.25, 0.3) is 5.69 Å². The van der Waals surface area contributed by atoms with Crippen LogP contribution in [0.2, 0.25) is 5.02 Å². The summed E-state index contributed by atoms with van der Waals surface area (Å²) in [6, 6.07) is 5.54. The SMILES string of the molecule is Cc1cc(C(=O)O)c(C)n1-c1cc(F)ccc1Cl. The average molecular weight is 268 g/mol. The number of hydrogen-bond acceptors (Lipinski definition) is 1. The van der Waals surface area contributed by atoms with Crippen LogP contribution in [0.15, 0.2) is 24.3 Å². The maximum Gasteiger partial charge on any atom is 0.337 e. The number of nitrogens with zero attached hydrogens (tertiary/aromatic N) is 1. The number of benzene rings is 1. The molecule has 2 aromatic rings. The van der Waals surface area contributed by atoms with Crippen LogP contribution in [0.1, 0.15) is 21.7 Å². The van der Waals surface area contributed by atoms with Crippen molar-refractivity contribution in [1.82, 2.24) is 4.57 Å². The Balaban J connectivity index is 2.71. The Kier molecular flexibility index (Phi) is 3.13. The third-order valence-electron chi connectivity index (χ3n) is 2.81. The molecule has 0 fully saturated rings. The zero-order chi connectivity index (χ0) is 13.4. The highest BCUT2D eigenvalue weighted by atomic mass is 35.5. The number of aromatic carboxylic acids is 1. The minimum atomic E-state index is -1.01. The summed E-state index contributed by atoms with van der Waals surface area (Å²) in [5.41, 5.74) is 1.84. The van der Waals surface area contributed by atoms with Gasteiger partial charge in [-0.25, -0.2) is 9.18 Å². The number of carbonyl (C=O) groups is 1. The number of rotatable bonds is 2. The van der Waals surface area contributed by atoms with Crippen molar-refractivity contribution < 1.29 is 14.3 Å². The van der Waals surface area contributed by atoms with Gasteiger partial charge in [0.05, 0.1) is 16.3 Å². The van der Waals surface area contributed by atoms with Gasteiger partial charge in [0.2, 0.25) is 0 Å². The van der Waals surface area contributed by atoms with Gasteiger partial charge in [0.25, 0.3) is 0 Å². The fourth-order valence-electron chi connectivity index (χ4n) is 2.01. The van der Waals surface area contributed by atoms with Gasteiger partial charge >= 0.3 is 5.97 Å². The molecule has 0 radical (unpaired) electrons. The number of carboxylic acids is 1. The van der Waals surface area contributed by atoms with E-state index in [9.17, 15) is 9.18 Å². The molecule has 0 saturated heterocycles. The van der Waals surface area contributed by atoms with Gasteiger partial charge in [-0.15, -0.1) is 0 Å². The summed E-state index contributed by atoms with van der Waals surface area (Å²) < 4.78 is 14.9. The highest BCUT2D eigenvalue weighted by molar-refractivity contribution is 6.32. The van der Waals surface area contributed by atoms with Gasteiger partial charge in [0.1, 0.15) is 5.82 Å². The van der Waals surface area contributed by atoms with Crippen molar-refractivity contribution in [2.24, 2.45) is 0 Å². The van der Waals surface area contributed by atoms with Crippen LogP contribution in [0.3, 0.4) is 0 Å². The molecule has 5 heteroatoms. The molecular weight excluding hydrogens is 257 g/mol. The van der Waals surface area contributed by atoms with Crippen molar-refractivity contribution in [3.8, 4) is 5.69 Å². The summed E-state index contributed by atoms with van der Waals surface area (Å²) in [6.07, 6.45) is 0. The molecule has 0 bridgehead atoms. The molecule has 3 nitrogen and oxygen atoms in total. The van der Waals surface area contributed by atoms with Gasteiger partial charge in [-0.05, 0) is 38.1 Å². The molecule has 18 heavy (non-hydrogen) atoms. The molecule has 0 aliphatic heterocycles. The summed E-state index contributed by atoms with van der Waals surface area (Å²) in [7, 11) is 0. The van der Waals surface area contributed by atoms with E-state index in [2.05, 4.69) is 0 Å². The van der Waals surface area contributed by atoms with E-state index in [-0.39, 0.29) is 5.56 Å². The van der Waals surface area contributed by atoms with Gasteiger partial charge in [-0.3, -0.25) is 0 Å². The second-order valence-electron chi connectivity index (χ2n) is 4.02. The quantitative estimate of drug-likeness (QED) is 0.904. The monoisotopic (exact) mass is 267 g/mol. The van der Waals surface area contributed by atoms with Crippen molar-refractivity contribution in [2.75, 3.05) is 0 Å². The van der Waals surface area contributed by atoms with Crippen LogP contribution in [0.5, 0.6) is 0 Å². The van der Waals surface area contributed by atoms with Crippen molar-refractivity contribution in [3.05, 3.63) is 52.1 Å². The Bertz CT molecular complexity index is 634. The molecule has 94 valence electrons. The third-order valence-corrected chi connectivity index (χ3v) is 3.13. The summed E-state index contributed by atoms with van der Waals surface area (Å²) in [4.78, 5) is 11.1. The maximum atomic E-state index is 13.3. The van der Waals surface area contributed by atoms with Crippen LogP contribution in [0.4, 0.5) is 4.39 Å². The predicted octanol–water partition coefficient (Wildman–Crippen LogP) is 3.58. The van der Waals surface area contributed by atoms with Gasteiger partial charge in [0.15, 0.2) is 0 Å². The molecule has 0 aliphatic carbocycles. The van der Waals surface area contributed by atoms with Crippen molar-refractivity contribution in [1.29, 1.82) is 0 Å². The van der Waals surface area contributed by atoms with Crippen LogP contribution < -0.4 is 0 Å². The van der Waals surface area contributed by atoms with E-state index in [1.165, 1.54) is 18.2 Å². The maximum absolute atomic E-state index is 13.3. The zero-order valence-electron chi connectivity index (χ0n) is 9.87. The Morgan fingerprint density at radius 3 is 2.56 bits per heavy atom. The normalized spacial score (nSPS) is 10.7. The second-order valence-corrected chi connectivity index (χ2v) is 4.43. The lowest BCUT2D eigenvalue weighted by atomic mass is 10.2. The van der Waals surface area contributed by atoms with Crippen molar-refractivity contribution in [2.45, 2.75) is 13.8 Å². The van der Waals surface area contributed by atoms with E-state index in [0.29, 0.717) is 22.1 Å². The molecule has 1 aromatic carbocycles. The van der Waals surface area contributed by atoms with Gasteiger partial charge < -0.3 is 9.67 Å². The summed E-state index contributed by atoms with van der Waals surface area (Å²) in [5.74, 6) is -1.43. The third kappa shape index (κ3) is 1.99. The molecule has 1 heterocycles. The molecule has 0 saturated carbocycles. The number of aromatic nitrogens is 1. The molecule has 2 rings (SSSR count). The Hall–Kier alpha value is -1.81. The summed E-state index contributed by atoms with van der Waals surface area (Å²) >= 11 is 6.03. The average Bonchev–Trinajstić information content (AvgIpc) is 2.58. The van der Waals surface area contributed by atoms with Crippen LogP contribution in [0, 0.1) is 19.7 Å². The molecule has 0 atom stereocenters. The fraction of sp³-hybridized carbons (Fsp3) is 0.154. The first-order valence-corrected chi connectivity index (χ1v) is 5.67. The first kappa shape index (κ1) is 12.6. The van der Waals surface area contributed by atoms with Crippen LogP contribution >= 0.6 is 11.6 Å². The molecule has 1 N–H and O–H groups in total. The molecule has 0 unspecified atom stereocenters. The highest BCUT2D eigenvalue weighted by Crippen LogP contribution is 2.27. The standard InChI is InChI=1S/C13H11ClFNO2/c1-7-5-10(13(17)18)8(2)16(7)12-6-9(15)3-4-11(12)14/h3-6H,1-2H3,(H,17,18). The fourth-order valence-corrected chi connectivity index (χ4v) is 2.21. The lowest BCUT2D eigenvalue weighted by Gasteiger charge is -2.11. The second kappa shape index (κ2) is 4.46. The lowest BCUT2D eigenvalue weighted by molar-refractivity contribution is 0.0696. The zero-order valence-corrected chi connectivity index (χ0v) is 10.6. The lowest BCUT2D eigenvalue weighted by Crippen LogP contribution is -2.03. The smallest absolute Gasteiger partial charge is 0.337 e. The van der Waals surface area contributed by atoms with E-state index in [1.54, 1.807) is 24.5 Å². The summed E-state index contributed by atoms with van der Waals surface area (Å²) in [6.45, 7) is 3.42. The van der Waals surface area contributed by atoms with Crippen LogP contribution in [-0.4, -0.2) is 15.6 Å². The van der Waals surface area contributed by atoms with E-state index in [1.807, 2.05) is 0 Å². The van der Waals surface area contributed by atoms with Gasteiger partial charge in [-0.2, -0.15) is 0 Å².